The summed E-state index contributed by atoms with van der Waals surface area (Å²) < 4.78 is 0. The van der Waals surface area contributed by atoms with E-state index in [9.17, 15) is 0 Å². The second kappa shape index (κ2) is 3.84. The van der Waals surface area contributed by atoms with Gasteiger partial charge in [0.2, 0.25) is 0 Å². The largest absolute Gasteiger partial charge is 1.00 e. The number of rotatable bonds is 0. The molecule has 1 aromatic carbocycles. The molecular weight excluding hydrogens is 147 g/mol. The quantitative estimate of drug-likeness (QED) is 0.439. The monoisotopic (exact) mass is 156 g/mol. The van der Waals surface area contributed by atoms with Crippen LogP contribution in [0.2, 0.25) is 0 Å². The second-order valence-corrected chi connectivity index (χ2v) is 2.31. The Kier molecular flexibility index (Phi) is 3.33. The first-order valence-electron chi connectivity index (χ1n) is 3.21. The molecule has 1 aliphatic rings. The molecule has 10 heavy (non-hydrogen) atoms. The average Bonchev–Trinajstić information content (AvgIpc) is 2.33. The summed E-state index contributed by atoms with van der Waals surface area (Å²) >= 11 is 0. The summed E-state index contributed by atoms with van der Waals surface area (Å²) in [6, 6.07) is 8.49. The van der Waals surface area contributed by atoms with Crippen molar-refractivity contribution in [3.05, 3.63) is 41.5 Å². The van der Waals surface area contributed by atoms with Crippen molar-refractivity contribution in [1.82, 2.24) is 0 Å². The fraction of sp³-hybridized carbons (Fsp3) is 0.111. The summed E-state index contributed by atoms with van der Waals surface area (Å²) in [5.74, 6) is 0. The molecule has 0 nitrogen and oxygen atoms in total. The van der Waals surface area contributed by atoms with Crippen LogP contribution < -0.4 is 51.4 Å². The van der Waals surface area contributed by atoms with E-state index in [1.54, 1.807) is 0 Å². The molecule has 1 aliphatic carbocycles. The van der Waals surface area contributed by atoms with Crippen molar-refractivity contribution in [2.75, 3.05) is 0 Å². The number of allylic oxidation sites excluding steroid dienone is 1. The second-order valence-electron chi connectivity index (χ2n) is 2.31. The molecule has 0 bridgehead atoms. The molecule has 0 unspecified atom stereocenters. The Morgan fingerprint density at radius 1 is 1.20 bits per heavy atom. The molecule has 46 valence electrons. The zero-order valence-corrected chi connectivity index (χ0v) is 9.29. The fourth-order valence-electron chi connectivity index (χ4n) is 1.20. The molecule has 0 radical (unpaired) electrons. The maximum atomic E-state index is 2.20. The Labute approximate surface area is 105 Å². The van der Waals surface area contributed by atoms with Gasteiger partial charge in [0.25, 0.3) is 0 Å². The van der Waals surface area contributed by atoms with E-state index in [4.69, 9.17) is 0 Å². The van der Waals surface area contributed by atoms with Gasteiger partial charge in [0.05, 0.1) is 0 Å². The molecule has 0 atom stereocenters. The van der Waals surface area contributed by atoms with Crippen LogP contribution in [0.25, 0.3) is 6.08 Å². The van der Waals surface area contributed by atoms with Crippen LogP contribution in [0, 0.1) is 0 Å². The minimum Gasteiger partial charge on any atom is -1.00 e. The van der Waals surface area contributed by atoms with E-state index in [0.29, 0.717) is 0 Å². The Bertz CT molecular complexity index is 255. The minimum absolute atomic E-state index is 0. The maximum Gasteiger partial charge on any atom is 1.00 e. The number of hydrogen-bond acceptors (Lipinski definition) is 0. The van der Waals surface area contributed by atoms with Crippen LogP contribution in [-0.4, -0.2) is 0 Å². The Balaban J connectivity index is 0.000000500. The molecular formula is C9H9K. The first-order valence-corrected chi connectivity index (χ1v) is 3.21. The van der Waals surface area contributed by atoms with Gasteiger partial charge in [-0.2, -0.15) is 0 Å². The van der Waals surface area contributed by atoms with Crippen molar-refractivity contribution in [2.24, 2.45) is 0 Å². The van der Waals surface area contributed by atoms with Gasteiger partial charge in [0.1, 0.15) is 0 Å². The summed E-state index contributed by atoms with van der Waals surface area (Å²) in [7, 11) is 0. The van der Waals surface area contributed by atoms with E-state index in [0.717, 1.165) is 6.42 Å². The van der Waals surface area contributed by atoms with E-state index >= 15 is 0 Å². The number of benzene rings is 1. The minimum atomic E-state index is 0. The third-order valence-corrected chi connectivity index (χ3v) is 1.69. The fourth-order valence-corrected chi connectivity index (χ4v) is 1.20. The zero-order valence-electron chi connectivity index (χ0n) is 7.17. The topological polar surface area (TPSA) is 0 Å². The first kappa shape index (κ1) is 8.69. The van der Waals surface area contributed by atoms with E-state index in [1.165, 1.54) is 11.1 Å². The Morgan fingerprint density at radius 2 is 2.00 bits per heavy atom. The molecule has 0 spiro atoms. The smallest absolute Gasteiger partial charge is 1.00 e. The SMILES string of the molecule is C1=Cc2ccccc2C1.[H-].[K+]. The predicted octanol–water partition coefficient (Wildman–Crippen LogP) is -0.628. The first-order chi connectivity index (χ1) is 4.47. The molecule has 0 saturated carbocycles. The standard InChI is InChI=1S/C9H8.K.H/c1-2-5-9-7-3-6-8(9)4-1;;/h1-6H,7H2;;/q;+1;-1. The van der Waals surface area contributed by atoms with Crippen molar-refractivity contribution in [2.45, 2.75) is 6.42 Å². The third kappa shape index (κ3) is 1.60. The van der Waals surface area contributed by atoms with Crippen LogP contribution in [0.1, 0.15) is 12.6 Å². The summed E-state index contributed by atoms with van der Waals surface area (Å²) in [5, 5.41) is 0. The van der Waals surface area contributed by atoms with Gasteiger partial charge in [-0.25, -0.2) is 0 Å². The van der Waals surface area contributed by atoms with E-state index in [2.05, 4.69) is 36.4 Å². The van der Waals surface area contributed by atoms with Gasteiger partial charge in [-0.1, -0.05) is 36.4 Å². The van der Waals surface area contributed by atoms with E-state index in [-0.39, 0.29) is 52.8 Å². The zero-order chi connectivity index (χ0) is 6.10. The van der Waals surface area contributed by atoms with Gasteiger partial charge in [-0.15, -0.1) is 0 Å². The molecule has 0 N–H and O–H groups in total. The molecule has 0 aromatic heterocycles. The summed E-state index contributed by atoms with van der Waals surface area (Å²) in [6.07, 6.45) is 5.50. The van der Waals surface area contributed by atoms with Gasteiger partial charge >= 0.3 is 51.4 Å². The van der Waals surface area contributed by atoms with Gasteiger partial charge in [-0.05, 0) is 17.5 Å². The molecule has 0 amide bonds. The Morgan fingerprint density at radius 3 is 2.80 bits per heavy atom. The van der Waals surface area contributed by atoms with Gasteiger partial charge in [0, 0.05) is 0 Å². The van der Waals surface area contributed by atoms with Crippen LogP contribution in [0.15, 0.2) is 30.3 Å². The number of hydrogen-bond donors (Lipinski definition) is 0. The number of fused-ring (bicyclic) bond motifs is 1. The molecule has 1 heteroatoms. The van der Waals surface area contributed by atoms with Crippen LogP contribution in [-0.2, 0) is 6.42 Å². The van der Waals surface area contributed by atoms with Gasteiger partial charge in [-0.3, -0.25) is 0 Å². The molecule has 0 heterocycles. The molecule has 0 fully saturated rings. The molecule has 0 aliphatic heterocycles. The van der Waals surface area contributed by atoms with Crippen LogP contribution in [0.3, 0.4) is 0 Å². The van der Waals surface area contributed by atoms with Crippen LogP contribution in [0.4, 0.5) is 0 Å². The molecule has 2 rings (SSSR count). The van der Waals surface area contributed by atoms with Crippen molar-refractivity contribution in [3.63, 3.8) is 0 Å². The summed E-state index contributed by atoms with van der Waals surface area (Å²) in [5.41, 5.74) is 2.84. The molecule has 0 saturated heterocycles. The average molecular weight is 156 g/mol. The third-order valence-electron chi connectivity index (χ3n) is 1.69. The van der Waals surface area contributed by atoms with Crippen molar-refractivity contribution < 1.29 is 52.8 Å². The van der Waals surface area contributed by atoms with E-state index < -0.39 is 0 Å². The normalized spacial score (nSPS) is 12.4. The van der Waals surface area contributed by atoms with Crippen molar-refractivity contribution in [3.8, 4) is 0 Å². The van der Waals surface area contributed by atoms with E-state index in [1.807, 2.05) is 0 Å². The van der Waals surface area contributed by atoms with Crippen molar-refractivity contribution >= 4 is 6.08 Å². The maximum absolute atomic E-state index is 2.20. The van der Waals surface area contributed by atoms with Crippen molar-refractivity contribution in [1.29, 1.82) is 0 Å². The molecule has 1 aromatic rings. The Hall–Kier alpha value is 0.596. The van der Waals surface area contributed by atoms with Crippen LogP contribution in [0.5, 0.6) is 0 Å². The predicted molar refractivity (Wildman–Crippen MR) is 40.3 cm³/mol. The van der Waals surface area contributed by atoms with Gasteiger partial charge in [0.15, 0.2) is 0 Å². The summed E-state index contributed by atoms with van der Waals surface area (Å²) in [4.78, 5) is 0. The summed E-state index contributed by atoms with van der Waals surface area (Å²) in [6.45, 7) is 0. The van der Waals surface area contributed by atoms with Crippen LogP contribution >= 0.6 is 0 Å². The van der Waals surface area contributed by atoms with Gasteiger partial charge < -0.3 is 1.43 Å².